The summed E-state index contributed by atoms with van der Waals surface area (Å²) in [4.78, 5) is 0. The van der Waals surface area contributed by atoms with Crippen LogP contribution in [0.3, 0.4) is 0 Å². The average molecular weight is 185 g/mol. The van der Waals surface area contributed by atoms with Crippen molar-refractivity contribution < 1.29 is 5.21 Å². The van der Waals surface area contributed by atoms with Gasteiger partial charge in [-0.15, -0.1) is 0 Å². The Morgan fingerprint density at radius 2 is 2.31 bits per heavy atom. The van der Waals surface area contributed by atoms with Gasteiger partial charge in [-0.1, -0.05) is 19.0 Å². The second-order valence-electron chi connectivity index (χ2n) is 4.11. The van der Waals surface area contributed by atoms with Gasteiger partial charge in [0.2, 0.25) is 0 Å². The van der Waals surface area contributed by atoms with Crippen LogP contribution in [-0.4, -0.2) is 23.6 Å². The van der Waals surface area contributed by atoms with Gasteiger partial charge in [-0.2, -0.15) is 0 Å². The Labute approximate surface area is 79.2 Å². The molecule has 1 aliphatic rings. The van der Waals surface area contributed by atoms with Crippen molar-refractivity contribution >= 4 is 5.84 Å². The SMILES string of the molecule is CC1CC(NCC(C)C(N)=NO)C1. The fraction of sp³-hybridized carbons (Fsp3) is 0.889. The molecule has 0 aromatic heterocycles. The predicted molar refractivity (Wildman–Crippen MR) is 52.8 cm³/mol. The molecule has 0 radical (unpaired) electrons. The van der Waals surface area contributed by atoms with E-state index in [1.807, 2.05) is 6.92 Å². The summed E-state index contributed by atoms with van der Waals surface area (Å²) in [6.07, 6.45) is 2.51. The highest BCUT2D eigenvalue weighted by molar-refractivity contribution is 5.82. The van der Waals surface area contributed by atoms with Crippen molar-refractivity contribution in [3.8, 4) is 0 Å². The van der Waals surface area contributed by atoms with E-state index in [1.54, 1.807) is 0 Å². The van der Waals surface area contributed by atoms with Crippen molar-refractivity contribution in [2.75, 3.05) is 6.54 Å². The second-order valence-corrected chi connectivity index (χ2v) is 4.11. The molecule has 0 aromatic carbocycles. The summed E-state index contributed by atoms with van der Waals surface area (Å²) in [5.41, 5.74) is 5.45. The lowest BCUT2D eigenvalue weighted by Crippen LogP contribution is -2.43. The van der Waals surface area contributed by atoms with Gasteiger partial charge in [-0.05, 0) is 18.8 Å². The number of hydrogen-bond donors (Lipinski definition) is 3. The summed E-state index contributed by atoms with van der Waals surface area (Å²) in [5.74, 6) is 1.28. The minimum Gasteiger partial charge on any atom is -0.409 e. The van der Waals surface area contributed by atoms with Crippen LogP contribution in [0.1, 0.15) is 26.7 Å². The molecule has 4 nitrogen and oxygen atoms in total. The molecule has 1 unspecified atom stereocenters. The van der Waals surface area contributed by atoms with Gasteiger partial charge >= 0.3 is 0 Å². The Balaban J connectivity index is 2.12. The lowest BCUT2D eigenvalue weighted by Gasteiger charge is -2.34. The Bertz CT molecular complexity index is 187. The number of hydrogen-bond acceptors (Lipinski definition) is 3. The Kier molecular flexibility index (Phi) is 3.54. The molecule has 1 atom stereocenters. The van der Waals surface area contributed by atoms with Crippen LogP contribution < -0.4 is 11.1 Å². The molecule has 1 fully saturated rings. The highest BCUT2D eigenvalue weighted by atomic mass is 16.4. The summed E-state index contributed by atoms with van der Waals surface area (Å²) in [6, 6.07) is 0.643. The summed E-state index contributed by atoms with van der Waals surface area (Å²) in [5, 5.41) is 14.8. The minimum absolute atomic E-state index is 0.112. The van der Waals surface area contributed by atoms with E-state index in [-0.39, 0.29) is 5.92 Å². The Morgan fingerprint density at radius 1 is 1.69 bits per heavy atom. The number of amidine groups is 1. The minimum atomic E-state index is 0.112. The highest BCUT2D eigenvalue weighted by Crippen LogP contribution is 2.26. The van der Waals surface area contributed by atoms with Gasteiger partial charge in [0, 0.05) is 18.5 Å². The van der Waals surface area contributed by atoms with Crippen LogP contribution in [0.2, 0.25) is 0 Å². The first-order chi connectivity index (χ1) is 6.13. The Morgan fingerprint density at radius 3 is 2.77 bits per heavy atom. The van der Waals surface area contributed by atoms with Gasteiger partial charge in [-0.25, -0.2) is 0 Å². The molecule has 4 N–H and O–H groups in total. The van der Waals surface area contributed by atoms with Gasteiger partial charge in [0.25, 0.3) is 0 Å². The number of oxime groups is 1. The van der Waals surface area contributed by atoms with E-state index in [0.29, 0.717) is 11.9 Å². The first-order valence-electron chi connectivity index (χ1n) is 4.84. The largest absolute Gasteiger partial charge is 0.409 e. The van der Waals surface area contributed by atoms with Crippen LogP contribution in [0.25, 0.3) is 0 Å². The van der Waals surface area contributed by atoms with E-state index in [2.05, 4.69) is 17.4 Å². The summed E-state index contributed by atoms with van der Waals surface area (Å²) >= 11 is 0. The summed E-state index contributed by atoms with van der Waals surface area (Å²) < 4.78 is 0. The average Bonchev–Trinajstić information content (AvgIpc) is 2.08. The molecule has 0 heterocycles. The zero-order valence-electron chi connectivity index (χ0n) is 8.33. The molecule has 76 valence electrons. The van der Waals surface area contributed by atoms with E-state index in [9.17, 15) is 0 Å². The van der Waals surface area contributed by atoms with Crippen LogP contribution in [-0.2, 0) is 0 Å². The van der Waals surface area contributed by atoms with Gasteiger partial charge in [0.15, 0.2) is 0 Å². The maximum absolute atomic E-state index is 8.42. The molecule has 1 rings (SSSR count). The fourth-order valence-electron chi connectivity index (χ4n) is 1.62. The zero-order valence-corrected chi connectivity index (χ0v) is 8.33. The van der Waals surface area contributed by atoms with Crippen LogP contribution in [0, 0.1) is 11.8 Å². The standard InChI is InChI=1S/C9H19N3O/c1-6-3-8(4-6)11-5-7(2)9(10)12-13/h6-8,11,13H,3-5H2,1-2H3,(H2,10,12). The molecule has 0 saturated heterocycles. The third-order valence-corrected chi connectivity index (χ3v) is 2.71. The maximum Gasteiger partial charge on any atom is 0.143 e. The molecule has 0 amide bonds. The molecule has 0 spiro atoms. The molecule has 4 heteroatoms. The van der Waals surface area contributed by atoms with Crippen molar-refractivity contribution in [2.45, 2.75) is 32.7 Å². The van der Waals surface area contributed by atoms with E-state index >= 15 is 0 Å². The number of nitrogens with one attached hydrogen (secondary N) is 1. The van der Waals surface area contributed by atoms with Crippen LogP contribution in [0.15, 0.2) is 5.16 Å². The monoisotopic (exact) mass is 185 g/mol. The zero-order chi connectivity index (χ0) is 9.84. The van der Waals surface area contributed by atoms with Gasteiger partial charge < -0.3 is 16.3 Å². The Hall–Kier alpha value is -0.770. The van der Waals surface area contributed by atoms with Gasteiger partial charge in [0.05, 0.1) is 0 Å². The molecule has 1 saturated carbocycles. The maximum atomic E-state index is 8.42. The molecule has 13 heavy (non-hydrogen) atoms. The predicted octanol–water partition coefficient (Wildman–Crippen LogP) is 0.757. The van der Waals surface area contributed by atoms with Crippen LogP contribution in [0.5, 0.6) is 0 Å². The fourth-order valence-corrected chi connectivity index (χ4v) is 1.62. The molecular weight excluding hydrogens is 166 g/mol. The normalized spacial score (nSPS) is 31.1. The number of nitrogens with two attached hydrogens (primary N) is 1. The van der Waals surface area contributed by atoms with Crippen LogP contribution >= 0.6 is 0 Å². The molecule has 1 aliphatic carbocycles. The summed E-state index contributed by atoms with van der Waals surface area (Å²) in [7, 11) is 0. The number of nitrogens with zero attached hydrogens (tertiary/aromatic N) is 1. The third-order valence-electron chi connectivity index (χ3n) is 2.71. The molecule has 0 aliphatic heterocycles. The van der Waals surface area contributed by atoms with Gasteiger partial charge in [0.1, 0.15) is 5.84 Å². The van der Waals surface area contributed by atoms with E-state index in [4.69, 9.17) is 10.9 Å². The molecule has 0 bridgehead atoms. The highest BCUT2D eigenvalue weighted by Gasteiger charge is 2.25. The van der Waals surface area contributed by atoms with Gasteiger partial charge in [-0.3, -0.25) is 0 Å². The lowest BCUT2D eigenvalue weighted by molar-refractivity contribution is 0.238. The molecule has 0 aromatic rings. The summed E-state index contributed by atoms with van der Waals surface area (Å²) in [6.45, 7) is 5.00. The van der Waals surface area contributed by atoms with Crippen molar-refractivity contribution in [1.82, 2.24) is 5.32 Å². The van der Waals surface area contributed by atoms with Crippen molar-refractivity contribution in [3.05, 3.63) is 0 Å². The second kappa shape index (κ2) is 4.46. The first-order valence-corrected chi connectivity index (χ1v) is 4.84. The lowest BCUT2D eigenvalue weighted by atomic mass is 9.82. The van der Waals surface area contributed by atoms with E-state index < -0.39 is 0 Å². The topological polar surface area (TPSA) is 70.6 Å². The van der Waals surface area contributed by atoms with E-state index in [0.717, 1.165) is 12.5 Å². The first kappa shape index (κ1) is 10.3. The van der Waals surface area contributed by atoms with Crippen molar-refractivity contribution in [2.24, 2.45) is 22.7 Å². The van der Waals surface area contributed by atoms with Crippen LogP contribution in [0.4, 0.5) is 0 Å². The third kappa shape index (κ3) is 2.88. The number of rotatable bonds is 4. The quantitative estimate of drug-likeness (QED) is 0.262. The van der Waals surface area contributed by atoms with Crippen molar-refractivity contribution in [1.29, 1.82) is 0 Å². The molecular formula is C9H19N3O. The smallest absolute Gasteiger partial charge is 0.143 e. The van der Waals surface area contributed by atoms with E-state index in [1.165, 1.54) is 12.8 Å². The van der Waals surface area contributed by atoms with Crippen molar-refractivity contribution in [3.63, 3.8) is 0 Å².